The van der Waals surface area contributed by atoms with E-state index in [9.17, 15) is 0 Å². The molecular weight excluding hydrogens is 1410 g/mol. The van der Waals surface area contributed by atoms with E-state index in [2.05, 4.69) is 437 Å². The van der Waals surface area contributed by atoms with E-state index in [1.807, 2.05) is 0 Å². The molecule has 0 N–H and O–H groups in total. The van der Waals surface area contributed by atoms with Crippen molar-refractivity contribution in [1.82, 2.24) is 36.5 Å². The first-order chi connectivity index (χ1) is 57.6. The van der Waals surface area contributed by atoms with Gasteiger partial charge in [-0.25, -0.2) is 0 Å². The van der Waals surface area contributed by atoms with Crippen molar-refractivity contribution in [1.29, 1.82) is 0 Å². The Labute approximate surface area is 663 Å². The quantitative estimate of drug-likeness (QED) is 0.138. The normalized spacial score (nSPS) is 12.3. The average molecular weight is 1480 g/mol. The SMILES string of the molecule is c1ccc(-n2c3ccccc3c3cc4c(cc32)c2ccccc2n4-c2cc(-c3cc(-n4c5ccccc5c5ccc6c7ccccc7n(-c7ccccc7)c6c54)cc(-n4c5ccccc5c5ccc6c7ccccc7n(-c7ccccc7)c6c54)c3)cc(-n3c4ccccc4c4cc5c(cc43)c3ccccc3n5-c3ccccc3)c2)cc1. The maximum absolute atomic E-state index is 2.60. The number of fused-ring (bicyclic) bond motifs is 26. The van der Waals surface area contributed by atoms with E-state index in [1.54, 1.807) is 0 Å². The van der Waals surface area contributed by atoms with Crippen molar-refractivity contribution in [3.63, 3.8) is 0 Å². The molecule has 116 heavy (non-hydrogen) atoms. The van der Waals surface area contributed by atoms with Crippen molar-refractivity contribution in [2.75, 3.05) is 0 Å². The lowest BCUT2D eigenvalue weighted by Crippen LogP contribution is -2.03. The number of hydrogen-bond acceptors (Lipinski definition) is 0. The van der Waals surface area contributed by atoms with Crippen LogP contribution >= 0.6 is 0 Å². The van der Waals surface area contributed by atoms with E-state index < -0.39 is 0 Å². The molecule has 0 fully saturated rings. The molecule has 0 unspecified atom stereocenters. The monoisotopic (exact) mass is 1470 g/mol. The Bertz CT molecular complexity index is 8190. The van der Waals surface area contributed by atoms with Gasteiger partial charge in [0.25, 0.3) is 0 Å². The minimum atomic E-state index is 1.03. The molecule has 8 aromatic heterocycles. The molecule has 26 aromatic rings. The highest BCUT2D eigenvalue weighted by Gasteiger charge is 2.29. The van der Waals surface area contributed by atoms with Gasteiger partial charge in [0.05, 0.1) is 88.3 Å². The average Bonchev–Trinajstić information content (AvgIpc) is 1.55. The Balaban J connectivity index is 0.836. The molecule has 0 amide bonds. The second-order valence-corrected chi connectivity index (χ2v) is 31.1. The zero-order valence-electron chi connectivity index (χ0n) is 62.7. The predicted molar refractivity (Wildman–Crippen MR) is 487 cm³/mol. The lowest BCUT2D eigenvalue weighted by molar-refractivity contribution is 1.12. The predicted octanol–water partition coefficient (Wildman–Crippen LogP) is 28.1. The summed E-state index contributed by atoms with van der Waals surface area (Å²) >= 11 is 0. The Morgan fingerprint density at radius 1 is 0.103 bits per heavy atom. The molecule has 8 heteroatoms. The fourth-order valence-electron chi connectivity index (χ4n) is 20.4. The van der Waals surface area contributed by atoms with Crippen molar-refractivity contribution < 1.29 is 0 Å². The zero-order valence-corrected chi connectivity index (χ0v) is 62.7. The molecule has 0 spiro atoms. The third-order valence-corrected chi connectivity index (χ3v) is 25.1. The van der Waals surface area contributed by atoms with Crippen LogP contribution in [0.3, 0.4) is 0 Å². The molecule has 0 aliphatic carbocycles. The molecule has 0 bridgehead atoms. The summed E-state index contributed by atoms with van der Waals surface area (Å²) in [5.41, 5.74) is 28.9. The summed E-state index contributed by atoms with van der Waals surface area (Å²) in [5, 5.41) is 19.0. The molecule has 0 aliphatic heterocycles. The van der Waals surface area contributed by atoms with Gasteiger partial charge in [0.2, 0.25) is 0 Å². The molecule has 26 rings (SSSR count). The van der Waals surface area contributed by atoms with Crippen molar-refractivity contribution in [3.8, 4) is 56.6 Å². The first-order valence-electron chi connectivity index (χ1n) is 40.0. The van der Waals surface area contributed by atoms with Gasteiger partial charge in [0, 0.05) is 132 Å². The van der Waals surface area contributed by atoms with E-state index in [0.29, 0.717) is 0 Å². The van der Waals surface area contributed by atoms with Crippen molar-refractivity contribution in [2.24, 2.45) is 0 Å². The van der Waals surface area contributed by atoms with Crippen LogP contribution in [0, 0.1) is 0 Å². The summed E-state index contributed by atoms with van der Waals surface area (Å²) in [6.45, 7) is 0. The summed E-state index contributed by atoms with van der Waals surface area (Å²) in [4.78, 5) is 0. The molecule has 18 aromatic carbocycles. The smallest absolute Gasteiger partial charge is 0.0788 e. The Morgan fingerprint density at radius 3 is 0.517 bits per heavy atom. The van der Waals surface area contributed by atoms with E-state index in [-0.39, 0.29) is 0 Å². The van der Waals surface area contributed by atoms with Gasteiger partial charge in [-0.3, -0.25) is 0 Å². The van der Waals surface area contributed by atoms with Crippen molar-refractivity contribution in [3.05, 3.63) is 400 Å². The van der Waals surface area contributed by atoms with Crippen LogP contribution in [0.15, 0.2) is 400 Å². The number of rotatable bonds is 9. The summed E-state index contributed by atoms with van der Waals surface area (Å²) in [5.74, 6) is 0. The maximum atomic E-state index is 2.60. The van der Waals surface area contributed by atoms with Crippen LogP contribution in [-0.2, 0) is 0 Å². The highest BCUT2D eigenvalue weighted by atomic mass is 15.1. The Hall–Kier alpha value is -15.6. The fourth-order valence-corrected chi connectivity index (χ4v) is 20.4. The van der Waals surface area contributed by atoms with Crippen molar-refractivity contribution in [2.45, 2.75) is 0 Å². The molecule has 0 saturated heterocycles. The second-order valence-electron chi connectivity index (χ2n) is 31.1. The summed E-state index contributed by atoms with van der Waals surface area (Å²) in [6, 6.07) is 150. The standard InChI is InChI=1S/C108H66N8/c1-5-29-69(30-6-1)109-93-45-21-17-41-81(93)89-65-103-91(63-101(89)109)83-43-19-23-47-95(83)111(103)73-57-67(58-74(61-73)112-96-48-24-20-44-84(96)92-64-102-90(66-104(92)112)82-42-18-22-46-94(82)110(102)70-31-7-2-8-32-70)68-59-75(115-99-51-27-15-39-79(99)87-55-53-85-77-37-13-25-49-97(77)113(105(85)107(87)115)71-33-9-3-10-34-71)62-76(60-68)116-100-52-28-16-40-80(100)88-56-54-86-78-38-14-26-50-98(78)114(106(86)108(88)116)72-35-11-4-12-36-72/h1-66H. The first-order valence-corrected chi connectivity index (χ1v) is 40.0. The lowest BCUT2D eigenvalue weighted by Gasteiger charge is -2.19. The molecule has 538 valence electrons. The minimum Gasteiger partial charge on any atom is -0.309 e. The van der Waals surface area contributed by atoms with E-state index in [0.717, 1.165) is 134 Å². The Morgan fingerprint density at radius 2 is 0.276 bits per heavy atom. The third kappa shape index (κ3) is 8.75. The Kier molecular flexibility index (Phi) is 13.0. The minimum absolute atomic E-state index is 1.03. The zero-order chi connectivity index (χ0) is 75.5. The second kappa shape index (κ2) is 23.9. The molecule has 0 saturated carbocycles. The van der Waals surface area contributed by atoms with Crippen LogP contribution in [0.25, 0.3) is 231 Å². The highest BCUT2D eigenvalue weighted by molar-refractivity contribution is 6.27. The number of benzene rings is 18. The molecule has 0 radical (unpaired) electrons. The van der Waals surface area contributed by atoms with Crippen molar-refractivity contribution >= 4 is 174 Å². The van der Waals surface area contributed by atoms with Gasteiger partial charge in [0.1, 0.15) is 0 Å². The number of nitrogens with zero attached hydrogens (tertiary/aromatic N) is 8. The van der Waals surface area contributed by atoms with E-state index in [4.69, 9.17) is 0 Å². The largest absolute Gasteiger partial charge is 0.309 e. The van der Waals surface area contributed by atoms with E-state index in [1.165, 1.54) is 97.2 Å². The van der Waals surface area contributed by atoms with Crippen LogP contribution in [0.4, 0.5) is 0 Å². The van der Waals surface area contributed by atoms with Gasteiger partial charge in [-0.2, -0.15) is 0 Å². The molecular formula is C108H66N8. The lowest BCUT2D eigenvalue weighted by atomic mass is 10.0. The first kappa shape index (κ1) is 63.0. The van der Waals surface area contributed by atoms with Crippen LogP contribution in [0.2, 0.25) is 0 Å². The van der Waals surface area contributed by atoms with E-state index >= 15 is 0 Å². The van der Waals surface area contributed by atoms with Crippen LogP contribution in [0.5, 0.6) is 0 Å². The van der Waals surface area contributed by atoms with Gasteiger partial charge in [0.15, 0.2) is 0 Å². The van der Waals surface area contributed by atoms with Gasteiger partial charge in [-0.1, -0.05) is 243 Å². The number of para-hydroxylation sites is 12. The van der Waals surface area contributed by atoms with Gasteiger partial charge in [-0.15, -0.1) is 0 Å². The van der Waals surface area contributed by atoms with Gasteiger partial charge < -0.3 is 36.5 Å². The summed E-state index contributed by atoms with van der Waals surface area (Å²) < 4.78 is 20.2. The fraction of sp³-hybridized carbons (Fsp3) is 0. The maximum Gasteiger partial charge on any atom is 0.0788 e. The van der Waals surface area contributed by atoms with Crippen LogP contribution in [0.1, 0.15) is 0 Å². The molecule has 8 heterocycles. The third-order valence-electron chi connectivity index (χ3n) is 25.1. The van der Waals surface area contributed by atoms with Gasteiger partial charge in [-0.05, 0) is 169 Å². The van der Waals surface area contributed by atoms with Gasteiger partial charge >= 0.3 is 0 Å². The molecule has 0 aliphatic rings. The van der Waals surface area contributed by atoms with Crippen LogP contribution in [-0.4, -0.2) is 36.5 Å². The summed E-state index contributed by atoms with van der Waals surface area (Å²) in [6.07, 6.45) is 0. The molecule has 0 atom stereocenters. The highest BCUT2D eigenvalue weighted by Crippen LogP contribution is 2.49. The topological polar surface area (TPSA) is 39.4 Å². The molecule has 8 nitrogen and oxygen atoms in total. The van der Waals surface area contributed by atoms with Crippen LogP contribution < -0.4 is 0 Å². The number of aromatic nitrogens is 8. The number of hydrogen-bond donors (Lipinski definition) is 0. The summed E-state index contributed by atoms with van der Waals surface area (Å²) in [7, 11) is 0.